The molecule has 0 atom stereocenters. The van der Waals surface area contributed by atoms with Crippen LogP contribution in [0.4, 0.5) is 5.69 Å². The molecule has 0 spiro atoms. The number of alkyl halides is 1. The van der Waals surface area contributed by atoms with Crippen molar-refractivity contribution < 1.29 is 0 Å². The monoisotopic (exact) mass is 287 g/mol. The van der Waals surface area contributed by atoms with Gasteiger partial charge in [0.15, 0.2) is 0 Å². The van der Waals surface area contributed by atoms with Crippen LogP contribution in [-0.2, 0) is 6.54 Å². The number of hydrogen-bond acceptors (Lipinski definition) is 0. The second-order valence-electron chi connectivity index (χ2n) is 6.07. The van der Waals surface area contributed by atoms with Gasteiger partial charge < -0.3 is 4.57 Å². The summed E-state index contributed by atoms with van der Waals surface area (Å²) >= 11 is 5.97. The molecule has 0 fully saturated rings. The molecule has 3 rings (SSSR count). The van der Waals surface area contributed by atoms with Crippen LogP contribution in [0.2, 0.25) is 0 Å². The van der Waals surface area contributed by atoms with Crippen LogP contribution in [0.3, 0.4) is 0 Å². The van der Waals surface area contributed by atoms with Crippen molar-refractivity contribution in [3.63, 3.8) is 0 Å². The van der Waals surface area contributed by atoms with Crippen molar-refractivity contribution in [1.29, 1.82) is 0 Å². The molecule has 0 bridgehead atoms. The van der Waals surface area contributed by atoms with Gasteiger partial charge in [0, 0.05) is 46.4 Å². The van der Waals surface area contributed by atoms with Crippen LogP contribution in [-0.4, -0.2) is 31.6 Å². The van der Waals surface area contributed by atoms with E-state index in [1.54, 1.807) is 0 Å². The first kappa shape index (κ1) is 13.5. The van der Waals surface area contributed by atoms with E-state index in [4.69, 9.17) is 11.6 Å². The van der Waals surface area contributed by atoms with E-state index in [-0.39, 0.29) is 0 Å². The van der Waals surface area contributed by atoms with Crippen LogP contribution in [0.15, 0.2) is 42.5 Å². The number of aromatic nitrogens is 1. The van der Waals surface area contributed by atoms with Crippen LogP contribution >= 0.6 is 11.6 Å². The van der Waals surface area contributed by atoms with Gasteiger partial charge in [0.2, 0.25) is 0 Å². The number of aryl methyl sites for hydroxylation is 1. The van der Waals surface area contributed by atoms with Gasteiger partial charge in [0.05, 0.1) is 21.1 Å². The predicted octanol–water partition coefficient (Wildman–Crippen LogP) is 4.23. The Hall–Kier alpha value is -1.51. The highest BCUT2D eigenvalue weighted by atomic mass is 35.5. The number of quaternary nitrogens is 1. The first-order valence-electron chi connectivity index (χ1n) is 6.91. The molecule has 1 heterocycles. The quantitative estimate of drug-likeness (QED) is 0.502. The van der Waals surface area contributed by atoms with Crippen molar-refractivity contribution in [2.24, 2.45) is 0 Å². The second-order valence-corrected chi connectivity index (χ2v) is 6.45. The van der Waals surface area contributed by atoms with Crippen LogP contribution in [0.25, 0.3) is 21.8 Å². The summed E-state index contributed by atoms with van der Waals surface area (Å²) in [5.41, 5.74) is 3.84. The van der Waals surface area contributed by atoms with Gasteiger partial charge in [-0.15, -0.1) is 11.6 Å². The molecule has 0 N–H and O–H groups in total. The van der Waals surface area contributed by atoms with Crippen LogP contribution in [0.5, 0.6) is 0 Å². The molecular formula is C17H20ClN2+. The molecule has 1 aromatic heterocycles. The van der Waals surface area contributed by atoms with Gasteiger partial charge in [-0.3, -0.25) is 4.48 Å². The number of nitrogens with zero attached hydrogens (tertiary/aromatic N) is 2. The van der Waals surface area contributed by atoms with Gasteiger partial charge in [-0.25, -0.2) is 0 Å². The molecule has 3 heteroatoms. The standard InChI is InChI=1S/C17H20ClN2/c1-20(2,3)13-8-9-17-15(12-13)14-6-4-5-7-16(14)19(17)11-10-18/h4-9,12H,10-11H2,1-3H3/q+1. The number of para-hydroxylation sites is 1. The molecule has 0 amide bonds. The highest BCUT2D eigenvalue weighted by Gasteiger charge is 2.16. The molecular weight excluding hydrogens is 268 g/mol. The number of rotatable bonds is 3. The number of halogens is 1. The van der Waals surface area contributed by atoms with E-state index in [9.17, 15) is 0 Å². The molecule has 0 saturated carbocycles. The Morgan fingerprint density at radius 1 is 0.950 bits per heavy atom. The van der Waals surface area contributed by atoms with Crippen LogP contribution in [0, 0.1) is 0 Å². The van der Waals surface area contributed by atoms with E-state index < -0.39 is 0 Å². The molecule has 0 aliphatic heterocycles. The highest BCUT2D eigenvalue weighted by molar-refractivity contribution is 6.18. The second kappa shape index (κ2) is 4.80. The first-order chi connectivity index (χ1) is 9.52. The number of hydrogen-bond donors (Lipinski definition) is 0. The minimum atomic E-state index is 0.630. The summed E-state index contributed by atoms with van der Waals surface area (Å²) in [4.78, 5) is 0. The third-order valence-corrected chi connectivity index (χ3v) is 4.01. The smallest absolute Gasteiger partial charge is 0.132 e. The van der Waals surface area contributed by atoms with E-state index in [2.05, 4.69) is 68.2 Å². The molecule has 0 aliphatic carbocycles. The van der Waals surface area contributed by atoms with E-state index in [0.717, 1.165) is 11.0 Å². The zero-order chi connectivity index (χ0) is 14.3. The summed E-state index contributed by atoms with van der Waals surface area (Å²) in [6.45, 7) is 0.843. The molecule has 2 nitrogen and oxygen atoms in total. The molecule has 0 aliphatic rings. The zero-order valence-corrected chi connectivity index (χ0v) is 13.0. The van der Waals surface area contributed by atoms with E-state index >= 15 is 0 Å². The van der Waals surface area contributed by atoms with E-state index in [0.29, 0.717) is 5.88 Å². The maximum atomic E-state index is 5.97. The predicted molar refractivity (Wildman–Crippen MR) is 89.7 cm³/mol. The van der Waals surface area contributed by atoms with Gasteiger partial charge in [-0.2, -0.15) is 0 Å². The molecule has 20 heavy (non-hydrogen) atoms. The van der Waals surface area contributed by atoms with Gasteiger partial charge in [0.1, 0.15) is 5.69 Å². The normalized spacial score (nSPS) is 12.4. The molecule has 2 aromatic carbocycles. The maximum Gasteiger partial charge on any atom is 0.132 e. The van der Waals surface area contributed by atoms with Gasteiger partial charge in [-0.05, 0) is 12.1 Å². The van der Waals surface area contributed by atoms with Crippen LogP contribution < -0.4 is 4.48 Å². The lowest BCUT2D eigenvalue weighted by Gasteiger charge is -2.23. The van der Waals surface area contributed by atoms with Crippen molar-refractivity contribution in [1.82, 2.24) is 9.05 Å². The summed E-state index contributed by atoms with van der Waals surface area (Å²) in [6, 6.07) is 15.3. The van der Waals surface area contributed by atoms with Gasteiger partial charge >= 0.3 is 0 Å². The fourth-order valence-corrected chi connectivity index (χ4v) is 2.95. The van der Waals surface area contributed by atoms with Crippen molar-refractivity contribution >= 4 is 39.1 Å². The third kappa shape index (κ3) is 2.09. The lowest BCUT2D eigenvalue weighted by Crippen LogP contribution is -2.34. The fourth-order valence-electron chi connectivity index (χ4n) is 2.78. The Labute approximate surface area is 124 Å². The maximum absolute atomic E-state index is 5.97. The number of benzene rings is 2. The third-order valence-electron chi connectivity index (χ3n) is 3.84. The van der Waals surface area contributed by atoms with E-state index in [1.165, 1.54) is 27.5 Å². The van der Waals surface area contributed by atoms with Crippen molar-refractivity contribution in [2.45, 2.75) is 6.54 Å². The van der Waals surface area contributed by atoms with Crippen LogP contribution in [0.1, 0.15) is 0 Å². The zero-order valence-electron chi connectivity index (χ0n) is 12.2. The summed E-state index contributed by atoms with van der Waals surface area (Å²) < 4.78 is 3.14. The molecule has 0 radical (unpaired) electrons. The molecule has 0 saturated heterocycles. The Morgan fingerprint density at radius 3 is 2.35 bits per heavy atom. The minimum Gasteiger partial charge on any atom is -0.339 e. The summed E-state index contributed by atoms with van der Waals surface area (Å²) in [5, 5.41) is 2.62. The van der Waals surface area contributed by atoms with Gasteiger partial charge in [-0.1, -0.05) is 18.2 Å². The summed E-state index contributed by atoms with van der Waals surface area (Å²) in [5.74, 6) is 0.630. The number of fused-ring (bicyclic) bond motifs is 3. The lowest BCUT2D eigenvalue weighted by molar-refractivity contribution is 0.487. The Kier molecular flexibility index (Phi) is 3.23. The molecule has 0 unspecified atom stereocenters. The fraction of sp³-hybridized carbons (Fsp3) is 0.294. The van der Waals surface area contributed by atoms with Gasteiger partial charge in [0.25, 0.3) is 0 Å². The first-order valence-corrected chi connectivity index (χ1v) is 7.45. The highest BCUT2D eigenvalue weighted by Crippen LogP contribution is 2.32. The Morgan fingerprint density at radius 2 is 1.65 bits per heavy atom. The average Bonchev–Trinajstić information content (AvgIpc) is 2.73. The summed E-state index contributed by atoms with van der Waals surface area (Å²) in [6.07, 6.45) is 0. The summed E-state index contributed by atoms with van der Waals surface area (Å²) in [7, 11) is 6.58. The topological polar surface area (TPSA) is 4.93 Å². The largest absolute Gasteiger partial charge is 0.339 e. The SMILES string of the molecule is C[N+](C)(C)c1ccc2c(c1)c1ccccc1n2CCCl. The van der Waals surface area contributed by atoms with E-state index in [1.807, 2.05) is 0 Å². The average molecular weight is 288 g/mol. The lowest BCUT2D eigenvalue weighted by atomic mass is 10.1. The minimum absolute atomic E-state index is 0.630. The van der Waals surface area contributed by atoms with Crippen molar-refractivity contribution in [3.8, 4) is 0 Å². The van der Waals surface area contributed by atoms with Crippen molar-refractivity contribution in [2.75, 3.05) is 27.0 Å². The Bertz CT molecular complexity index is 766. The molecule has 104 valence electrons. The molecule has 3 aromatic rings. The Balaban J connectivity index is 2.38. The van der Waals surface area contributed by atoms with Crippen molar-refractivity contribution in [3.05, 3.63) is 42.5 Å².